The van der Waals surface area contributed by atoms with Gasteiger partial charge in [-0.15, -0.1) is 34.0 Å². The summed E-state index contributed by atoms with van der Waals surface area (Å²) in [6.07, 6.45) is 22.8. The number of hydrogen-bond donors (Lipinski definition) is 0. The summed E-state index contributed by atoms with van der Waals surface area (Å²) in [6.45, 7) is 13.6. The zero-order valence-corrected chi connectivity index (χ0v) is 37.4. The summed E-state index contributed by atoms with van der Waals surface area (Å²) in [5.41, 5.74) is 0.716. The molecule has 0 radical (unpaired) electrons. The molecule has 0 bridgehead atoms. The van der Waals surface area contributed by atoms with E-state index in [1.807, 2.05) is 23.1 Å². The van der Waals surface area contributed by atoms with Gasteiger partial charge < -0.3 is 10.0 Å². The minimum atomic E-state index is -0.107. The molecule has 2 aromatic carbocycles. The zero-order valence-electron chi connectivity index (χ0n) is 34.1. The largest absolute Gasteiger partial charge is 0.871 e. The summed E-state index contributed by atoms with van der Waals surface area (Å²) in [5, 5.41) is 21.2. The molecule has 0 N–H and O–H groups in total. The van der Waals surface area contributed by atoms with Gasteiger partial charge in [0.2, 0.25) is 5.04 Å². The number of carbonyl (C=O) groups excluding carboxylic acids is 1. The van der Waals surface area contributed by atoms with Crippen molar-refractivity contribution in [2.45, 2.75) is 135 Å². The molecule has 4 nitrogen and oxygen atoms in total. The van der Waals surface area contributed by atoms with E-state index in [0.717, 1.165) is 55.8 Å². The number of Topliss-reactive ketones (excluding diaryl/α,β-unsaturated/α-hetero) is 1. The second kappa shape index (κ2) is 19.7. The minimum absolute atomic E-state index is 0.107. The van der Waals surface area contributed by atoms with Gasteiger partial charge in [-0.3, -0.25) is 4.79 Å². The third-order valence-electron chi connectivity index (χ3n) is 11.4. The number of thioether (sulfide) groups is 1. The molecule has 8 heteroatoms. The number of unbranched alkanes of at least 4 members (excludes halogenated alkanes) is 12. The van der Waals surface area contributed by atoms with E-state index >= 15 is 0 Å². The van der Waals surface area contributed by atoms with Gasteiger partial charge in [-0.05, 0) is 101 Å². The molecule has 0 fully saturated rings. The third-order valence-corrected chi connectivity index (χ3v) is 16.0. The van der Waals surface area contributed by atoms with Crippen LogP contribution in [-0.4, -0.2) is 41.6 Å². The van der Waals surface area contributed by atoms with Crippen molar-refractivity contribution < 1.29 is 14.5 Å². The fraction of sp³-hybridized carbons (Fsp3) is 0.500. The highest BCUT2D eigenvalue weighted by Gasteiger charge is 2.31. The van der Waals surface area contributed by atoms with Crippen LogP contribution in [0.25, 0.3) is 47.5 Å². The van der Waals surface area contributed by atoms with Crippen molar-refractivity contribution in [3.63, 3.8) is 0 Å². The van der Waals surface area contributed by atoms with Crippen molar-refractivity contribution in [2.24, 2.45) is 0 Å². The summed E-state index contributed by atoms with van der Waals surface area (Å²) in [6, 6.07) is 15.6. The van der Waals surface area contributed by atoms with Crippen molar-refractivity contribution in [3.8, 4) is 0 Å². The minimum Gasteiger partial charge on any atom is -0.871 e. The lowest BCUT2D eigenvalue weighted by molar-refractivity contribution is -0.525. The number of hydrogen-bond acceptors (Lipinski definition) is 7. The average Bonchev–Trinajstić information content (AvgIpc) is 3.99. The molecule has 0 saturated heterocycles. The first-order valence-corrected chi connectivity index (χ1v) is 25.0. The van der Waals surface area contributed by atoms with Crippen LogP contribution in [0.5, 0.6) is 0 Å². The van der Waals surface area contributed by atoms with E-state index in [9.17, 15) is 9.90 Å². The Kier molecular flexibility index (Phi) is 14.5. The molecule has 4 heterocycles. The molecule has 56 heavy (non-hydrogen) atoms. The van der Waals surface area contributed by atoms with Crippen LogP contribution in [0.4, 0.5) is 5.00 Å². The lowest BCUT2D eigenvalue weighted by Crippen LogP contribution is -2.31. The molecule has 5 aromatic rings. The van der Waals surface area contributed by atoms with Gasteiger partial charge in [-0.2, -0.15) is 0 Å². The Hall–Kier alpha value is -2.91. The number of ketones is 1. The Morgan fingerprint density at radius 1 is 0.589 bits per heavy atom. The number of rotatable bonds is 22. The topological polar surface area (TPSA) is 46.4 Å². The van der Waals surface area contributed by atoms with Crippen LogP contribution >= 0.6 is 45.8 Å². The Balaban J connectivity index is 1.12. The van der Waals surface area contributed by atoms with Crippen LogP contribution in [0.3, 0.4) is 0 Å². The molecular weight excluding hydrogens is 765 g/mol. The van der Waals surface area contributed by atoms with E-state index in [1.54, 1.807) is 22.7 Å². The lowest BCUT2D eigenvalue weighted by Gasteiger charge is -2.29. The van der Waals surface area contributed by atoms with Gasteiger partial charge in [0.25, 0.3) is 0 Å². The normalized spacial score (nSPS) is 15.1. The molecule has 298 valence electrons. The van der Waals surface area contributed by atoms with Crippen LogP contribution in [0.2, 0.25) is 0 Å². The number of anilines is 1. The van der Waals surface area contributed by atoms with E-state index in [4.69, 9.17) is 0 Å². The number of nitrogens with zero attached hydrogens (tertiary/aromatic N) is 2. The monoisotopic (exact) mass is 824 g/mol. The van der Waals surface area contributed by atoms with E-state index in [1.165, 1.54) is 133 Å². The zero-order chi connectivity index (χ0) is 39.0. The summed E-state index contributed by atoms with van der Waals surface area (Å²) in [4.78, 5) is 18.4. The van der Waals surface area contributed by atoms with Gasteiger partial charge in [0.15, 0.2) is 5.78 Å². The summed E-state index contributed by atoms with van der Waals surface area (Å²) >= 11 is 6.93. The maximum Gasteiger partial charge on any atom is 0.240 e. The fourth-order valence-electron chi connectivity index (χ4n) is 8.10. The first kappa shape index (κ1) is 41.3. The smallest absolute Gasteiger partial charge is 0.240 e. The highest BCUT2D eigenvalue weighted by Crippen LogP contribution is 2.43. The molecular formula is C48H60N2O2S4. The van der Waals surface area contributed by atoms with Crippen molar-refractivity contribution >= 4 is 109 Å². The Morgan fingerprint density at radius 2 is 1.16 bits per heavy atom. The molecule has 1 aliphatic carbocycles. The van der Waals surface area contributed by atoms with Gasteiger partial charge in [0.1, 0.15) is 13.1 Å². The molecule has 0 saturated carbocycles. The van der Waals surface area contributed by atoms with Crippen LogP contribution in [0.15, 0.2) is 53.1 Å². The molecule has 2 aliphatic rings. The maximum absolute atomic E-state index is 13.8. The Morgan fingerprint density at radius 3 is 1.79 bits per heavy atom. The van der Waals surface area contributed by atoms with E-state index < -0.39 is 0 Å². The highest BCUT2D eigenvalue weighted by atomic mass is 32.2. The van der Waals surface area contributed by atoms with Crippen molar-refractivity contribution in [2.75, 3.05) is 31.1 Å². The summed E-state index contributed by atoms with van der Waals surface area (Å²) in [5.74, 6) is -0.213. The fourth-order valence-corrected chi connectivity index (χ4v) is 12.7. The number of fused-ring (bicyclic) bond motifs is 4. The molecule has 0 atom stereocenters. The number of carbonyl (C=O) groups is 1. The second-order valence-electron chi connectivity index (χ2n) is 15.9. The standard InChI is InChI=1S/C48H60N2O2S4/c1-5-9-13-17-21-49(22-18-14-10-6-2)43-31-35-27-37-33(25-39(35)55-43)29-41(53-37)45-47(51)46(48(45)52)42-30-34-26-40-36(28-38(34)54-42)32-44(56-40)50(23-19-15-11-7-3)24-20-16-12-8-4/h25-32H,5-24H2,1-4H3. The van der Waals surface area contributed by atoms with Crippen LogP contribution < -0.4 is 19.8 Å². The molecule has 0 spiro atoms. The first-order valence-electron chi connectivity index (χ1n) is 21.7. The molecule has 3 aromatic heterocycles. The van der Waals surface area contributed by atoms with Gasteiger partial charge in [0, 0.05) is 71.6 Å². The predicted octanol–water partition coefficient (Wildman–Crippen LogP) is 12.3. The Bertz CT molecular complexity index is 2280. The summed E-state index contributed by atoms with van der Waals surface area (Å²) < 4.78 is 6.96. The van der Waals surface area contributed by atoms with Crippen LogP contribution in [0.1, 0.15) is 135 Å². The number of benzene rings is 2. The van der Waals surface area contributed by atoms with Crippen molar-refractivity contribution in [1.29, 1.82) is 0 Å². The third kappa shape index (κ3) is 9.35. The van der Waals surface area contributed by atoms with Gasteiger partial charge in [0.05, 0.1) is 5.00 Å². The number of thiophene rings is 3. The molecule has 1 aliphatic heterocycles. The van der Waals surface area contributed by atoms with Crippen molar-refractivity contribution in [1.82, 2.24) is 0 Å². The second-order valence-corrected chi connectivity index (χ2v) is 20.2. The predicted molar refractivity (Wildman–Crippen MR) is 248 cm³/mol. The van der Waals surface area contributed by atoms with E-state index in [-0.39, 0.29) is 11.5 Å². The van der Waals surface area contributed by atoms with Crippen LogP contribution in [0, 0.1) is 0 Å². The van der Waals surface area contributed by atoms with Gasteiger partial charge in [-0.1, -0.05) is 97.7 Å². The first-order chi connectivity index (χ1) is 27.4. The molecule has 0 amide bonds. The van der Waals surface area contributed by atoms with Gasteiger partial charge in [-0.25, -0.2) is 4.58 Å². The van der Waals surface area contributed by atoms with Gasteiger partial charge >= 0.3 is 0 Å². The maximum atomic E-state index is 13.8. The van der Waals surface area contributed by atoms with E-state index in [0.29, 0.717) is 11.1 Å². The number of allylic oxidation sites excluding steroid dienone is 2. The summed E-state index contributed by atoms with van der Waals surface area (Å²) in [7, 11) is 0. The highest BCUT2D eigenvalue weighted by molar-refractivity contribution is 8.15. The van der Waals surface area contributed by atoms with E-state index in [2.05, 4.69) is 85.7 Å². The van der Waals surface area contributed by atoms with Crippen LogP contribution in [-0.2, 0) is 4.79 Å². The Labute approximate surface area is 350 Å². The SMILES string of the molecule is CCCCCCN(CCCCCC)c1cc2cc3sc(C4=C([O-])/C(=c5\cc6cc7c(cc6s5)=CC(=[N+](CCCCCC)CCCCCC)S7)C4=O)cc3cc2s1. The average molecular weight is 825 g/mol. The quantitative estimate of drug-likeness (QED) is 0.0515. The lowest BCUT2D eigenvalue weighted by atomic mass is 9.87. The molecule has 7 rings (SSSR count). The van der Waals surface area contributed by atoms with Crippen molar-refractivity contribution in [3.05, 3.63) is 62.9 Å². The molecule has 0 unspecified atom stereocenters.